The lowest BCUT2D eigenvalue weighted by Gasteiger charge is -2.10. The fourth-order valence-electron chi connectivity index (χ4n) is 1.63. The molecule has 0 aliphatic heterocycles. The topological polar surface area (TPSA) is 109 Å². The van der Waals surface area contributed by atoms with Crippen molar-refractivity contribution in [2.24, 2.45) is 0 Å². The van der Waals surface area contributed by atoms with E-state index in [4.69, 9.17) is 14.2 Å². The maximum absolute atomic E-state index is 11.2. The van der Waals surface area contributed by atoms with Gasteiger partial charge in [0.1, 0.15) is 6.61 Å². The molecule has 0 fully saturated rings. The number of methoxy groups -OCH3 is 2. The predicted octanol–water partition coefficient (Wildman–Crippen LogP) is 1.38. The van der Waals surface area contributed by atoms with Crippen LogP contribution in [-0.2, 0) is 16.1 Å². The van der Waals surface area contributed by atoms with Crippen LogP contribution in [0.5, 0.6) is 5.88 Å². The fourth-order valence-corrected chi connectivity index (χ4v) is 1.63. The van der Waals surface area contributed by atoms with Crippen molar-refractivity contribution in [1.29, 1.82) is 0 Å². The molecule has 1 rings (SSSR count). The Morgan fingerprint density at radius 2 is 2.10 bits per heavy atom. The third-order valence-corrected chi connectivity index (χ3v) is 2.51. The molecule has 1 N–H and O–H groups in total. The highest BCUT2D eigenvalue weighted by molar-refractivity contribution is 5.61. The van der Waals surface area contributed by atoms with E-state index in [9.17, 15) is 10.1 Å². The number of nitrogens with zero attached hydrogens (tertiary/aromatic N) is 3. The van der Waals surface area contributed by atoms with Crippen LogP contribution in [0.3, 0.4) is 0 Å². The van der Waals surface area contributed by atoms with Crippen LogP contribution < -0.4 is 10.1 Å². The third kappa shape index (κ3) is 5.12. The van der Waals surface area contributed by atoms with Gasteiger partial charge in [-0.05, 0) is 13.3 Å². The first kappa shape index (κ1) is 17.1. The van der Waals surface area contributed by atoms with Crippen LogP contribution in [-0.4, -0.2) is 48.9 Å². The second-order valence-electron chi connectivity index (χ2n) is 4.01. The number of hydrogen-bond donors (Lipinski definition) is 1. The molecule has 0 aliphatic rings. The molecule has 0 aliphatic carbocycles. The summed E-state index contributed by atoms with van der Waals surface area (Å²) in [7, 11) is 2.82. The molecule has 0 bridgehead atoms. The van der Waals surface area contributed by atoms with E-state index in [0.29, 0.717) is 32.0 Å². The fraction of sp³-hybridized carbons (Fsp3) is 0.667. The van der Waals surface area contributed by atoms with Gasteiger partial charge in [-0.3, -0.25) is 10.1 Å². The summed E-state index contributed by atoms with van der Waals surface area (Å²) >= 11 is 0. The van der Waals surface area contributed by atoms with E-state index in [-0.39, 0.29) is 24.0 Å². The van der Waals surface area contributed by atoms with Crippen LogP contribution in [0.25, 0.3) is 0 Å². The zero-order chi connectivity index (χ0) is 15.7. The molecule has 21 heavy (non-hydrogen) atoms. The molecule has 1 aromatic heterocycles. The number of rotatable bonds is 10. The van der Waals surface area contributed by atoms with Gasteiger partial charge >= 0.3 is 5.69 Å². The van der Waals surface area contributed by atoms with Gasteiger partial charge in [0, 0.05) is 26.9 Å². The van der Waals surface area contributed by atoms with Gasteiger partial charge < -0.3 is 19.5 Å². The number of anilines is 1. The van der Waals surface area contributed by atoms with E-state index in [1.54, 1.807) is 0 Å². The maximum Gasteiger partial charge on any atom is 0.372 e. The Bertz CT molecular complexity index is 469. The quantitative estimate of drug-likeness (QED) is 0.392. The van der Waals surface area contributed by atoms with Crippen molar-refractivity contribution in [3.05, 3.63) is 15.9 Å². The van der Waals surface area contributed by atoms with Gasteiger partial charge in [0.25, 0.3) is 5.88 Å². The standard InChI is InChI=1S/C12H20N4O5/c1-4-21-7-5-6-13-11-10(16(17)18)12(20-3)15-9(14-11)8-19-2/h4-8H2,1-3H3,(H,13,14,15). The molecule has 0 saturated carbocycles. The first-order valence-electron chi connectivity index (χ1n) is 6.53. The number of hydrogen-bond acceptors (Lipinski definition) is 8. The summed E-state index contributed by atoms with van der Waals surface area (Å²) in [5.74, 6) is 0.344. The van der Waals surface area contributed by atoms with Gasteiger partial charge in [-0.2, -0.15) is 4.98 Å². The molecule has 9 heteroatoms. The van der Waals surface area contributed by atoms with Crippen molar-refractivity contribution < 1.29 is 19.1 Å². The van der Waals surface area contributed by atoms with E-state index in [1.165, 1.54) is 14.2 Å². The van der Waals surface area contributed by atoms with Crippen molar-refractivity contribution in [3.63, 3.8) is 0 Å². The normalized spacial score (nSPS) is 10.4. The molecule has 1 aromatic rings. The molecular formula is C12H20N4O5. The van der Waals surface area contributed by atoms with Crippen molar-refractivity contribution in [2.75, 3.05) is 39.3 Å². The molecule has 0 unspecified atom stereocenters. The van der Waals surface area contributed by atoms with Gasteiger partial charge in [-0.1, -0.05) is 0 Å². The van der Waals surface area contributed by atoms with Gasteiger partial charge in [0.15, 0.2) is 5.82 Å². The van der Waals surface area contributed by atoms with E-state index >= 15 is 0 Å². The van der Waals surface area contributed by atoms with Crippen LogP contribution >= 0.6 is 0 Å². The largest absolute Gasteiger partial charge is 0.476 e. The zero-order valence-electron chi connectivity index (χ0n) is 12.4. The first-order chi connectivity index (χ1) is 10.1. The summed E-state index contributed by atoms with van der Waals surface area (Å²) in [6, 6.07) is 0. The Morgan fingerprint density at radius 1 is 1.33 bits per heavy atom. The van der Waals surface area contributed by atoms with E-state index in [1.807, 2.05) is 6.92 Å². The summed E-state index contributed by atoms with van der Waals surface area (Å²) < 4.78 is 15.1. The smallest absolute Gasteiger partial charge is 0.372 e. The zero-order valence-corrected chi connectivity index (χ0v) is 12.4. The number of aromatic nitrogens is 2. The highest BCUT2D eigenvalue weighted by atomic mass is 16.6. The lowest BCUT2D eigenvalue weighted by Crippen LogP contribution is -2.12. The summed E-state index contributed by atoms with van der Waals surface area (Å²) in [6.45, 7) is 3.75. The number of nitrogens with one attached hydrogen (secondary N) is 1. The Morgan fingerprint density at radius 3 is 2.67 bits per heavy atom. The second-order valence-corrected chi connectivity index (χ2v) is 4.01. The second kappa shape index (κ2) is 9.03. The highest BCUT2D eigenvalue weighted by Crippen LogP contribution is 2.31. The van der Waals surface area contributed by atoms with Gasteiger partial charge in [-0.25, -0.2) is 4.98 Å². The molecule has 0 saturated heterocycles. The molecular weight excluding hydrogens is 280 g/mol. The Hall–Kier alpha value is -2.00. The lowest BCUT2D eigenvalue weighted by molar-refractivity contribution is -0.385. The number of nitro groups is 1. The minimum atomic E-state index is -0.569. The lowest BCUT2D eigenvalue weighted by atomic mass is 10.4. The molecule has 0 atom stereocenters. The molecule has 9 nitrogen and oxygen atoms in total. The third-order valence-electron chi connectivity index (χ3n) is 2.51. The van der Waals surface area contributed by atoms with E-state index in [2.05, 4.69) is 15.3 Å². The number of ether oxygens (including phenoxy) is 3. The molecule has 0 aromatic carbocycles. The van der Waals surface area contributed by atoms with Crippen LogP contribution in [0.1, 0.15) is 19.2 Å². The van der Waals surface area contributed by atoms with Gasteiger partial charge in [0.05, 0.1) is 12.0 Å². The van der Waals surface area contributed by atoms with Crippen molar-refractivity contribution in [1.82, 2.24) is 9.97 Å². The monoisotopic (exact) mass is 300 g/mol. The molecule has 1 heterocycles. The van der Waals surface area contributed by atoms with Gasteiger partial charge in [-0.15, -0.1) is 0 Å². The molecule has 118 valence electrons. The Kier molecular flexibility index (Phi) is 7.33. The summed E-state index contributed by atoms with van der Waals surface area (Å²) in [4.78, 5) is 18.6. The summed E-state index contributed by atoms with van der Waals surface area (Å²) in [5, 5.41) is 14.1. The van der Waals surface area contributed by atoms with Crippen LogP contribution in [0.4, 0.5) is 11.5 Å². The average molecular weight is 300 g/mol. The molecule has 0 amide bonds. The SMILES string of the molecule is CCOCCCNc1nc(COC)nc(OC)c1[N+](=O)[O-]. The van der Waals surface area contributed by atoms with E-state index < -0.39 is 4.92 Å². The average Bonchev–Trinajstić information content (AvgIpc) is 2.46. The minimum Gasteiger partial charge on any atom is -0.476 e. The van der Waals surface area contributed by atoms with Crippen molar-refractivity contribution in [3.8, 4) is 5.88 Å². The van der Waals surface area contributed by atoms with Crippen LogP contribution in [0.2, 0.25) is 0 Å². The van der Waals surface area contributed by atoms with Crippen LogP contribution in [0.15, 0.2) is 0 Å². The Labute approximate surface area is 122 Å². The molecule has 0 radical (unpaired) electrons. The van der Waals surface area contributed by atoms with Crippen LogP contribution in [0, 0.1) is 10.1 Å². The first-order valence-corrected chi connectivity index (χ1v) is 6.53. The van der Waals surface area contributed by atoms with E-state index in [0.717, 1.165) is 0 Å². The minimum absolute atomic E-state index is 0.0886. The summed E-state index contributed by atoms with van der Waals surface area (Å²) in [6.07, 6.45) is 0.705. The summed E-state index contributed by atoms with van der Waals surface area (Å²) in [5.41, 5.74) is -0.284. The van der Waals surface area contributed by atoms with Crippen molar-refractivity contribution in [2.45, 2.75) is 20.0 Å². The highest BCUT2D eigenvalue weighted by Gasteiger charge is 2.25. The van der Waals surface area contributed by atoms with Crippen molar-refractivity contribution >= 4 is 11.5 Å². The molecule has 0 spiro atoms. The predicted molar refractivity (Wildman–Crippen MR) is 75.6 cm³/mol. The Balaban J connectivity index is 2.91. The maximum atomic E-state index is 11.2. The van der Waals surface area contributed by atoms with Gasteiger partial charge in [0.2, 0.25) is 5.82 Å².